The van der Waals surface area contributed by atoms with Crippen molar-refractivity contribution < 1.29 is 5.11 Å². The molecule has 0 bridgehead atoms. The number of nitrogens with zero attached hydrogens (tertiary/aromatic N) is 2. The van der Waals surface area contributed by atoms with Gasteiger partial charge in [-0.3, -0.25) is 4.90 Å². The van der Waals surface area contributed by atoms with E-state index in [1.165, 1.54) is 25.8 Å². The fraction of sp³-hybridized carbons (Fsp3) is 0.737. The molecule has 2 rings (SSSR count). The van der Waals surface area contributed by atoms with Crippen LogP contribution in [0.15, 0.2) is 22.5 Å². The molecule has 1 aliphatic heterocycles. The fourth-order valence-corrected chi connectivity index (χ4v) is 4.15. The number of guanidine groups is 1. The lowest BCUT2D eigenvalue weighted by atomic mass is 10.0. The molecule has 6 heteroatoms. The average Bonchev–Trinajstić information content (AvgIpc) is 3.13. The summed E-state index contributed by atoms with van der Waals surface area (Å²) in [5, 5.41) is 19.4. The van der Waals surface area contributed by atoms with E-state index in [-0.39, 0.29) is 0 Å². The first-order valence-electron chi connectivity index (χ1n) is 9.48. The lowest BCUT2D eigenvalue weighted by Gasteiger charge is -2.38. The summed E-state index contributed by atoms with van der Waals surface area (Å²) in [4.78, 5) is 8.14. The number of aliphatic imine (C=N–C) groups is 1. The number of nitrogens with one attached hydrogen (secondary N) is 2. The molecule has 3 N–H and O–H groups in total. The minimum absolute atomic E-state index is 0.345. The van der Waals surface area contributed by atoms with E-state index in [4.69, 9.17) is 0 Å². The zero-order valence-electron chi connectivity index (χ0n) is 16.1. The highest BCUT2D eigenvalue weighted by molar-refractivity contribution is 7.10. The second kappa shape index (κ2) is 9.55. The van der Waals surface area contributed by atoms with Gasteiger partial charge in [-0.15, -0.1) is 11.3 Å². The normalized spacial score (nSPS) is 23.1. The van der Waals surface area contributed by atoms with Crippen molar-refractivity contribution in [2.24, 2.45) is 4.99 Å². The van der Waals surface area contributed by atoms with Crippen molar-refractivity contribution in [1.82, 2.24) is 15.5 Å². The predicted octanol–water partition coefficient (Wildman–Crippen LogP) is 2.77. The van der Waals surface area contributed by atoms with Gasteiger partial charge in [0.1, 0.15) is 5.60 Å². The third kappa shape index (κ3) is 5.97. The van der Waals surface area contributed by atoms with Gasteiger partial charge in [0.2, 0.25) is 0 Å². The van der Waals surface area contributed by atoms with Crippen LogP contribution in [0.4, 0.5) is 0 Å². The zero-order chi connectivity index (χ0) is 18.3. The summed E-state index contributed by atoms with van der Waals surface area (Å²) >= 11 is 1.57. The van der Waals surface area contributed by atoms with Gasteiger partial charge in [-0.05, 0) is 58.5 Å². The van der Waals surface area contributed by atoms with Crippen LogP contribution in [-0.2, 0) is 5.60 Å². The minimum Gasteiger partial charge on any atom is -0.383 e. The lowest BCUT2D eigenvalue weighted by Crippen LogP contribution is -2.50. The number of rotatable bonds is 7. The van der Waals surface area contributed by atoms with E-state index in [1.54, 1.807) is 11.3 Å². The van der Waals surface area contributed by atoms with Crippen molar-refractivity contribution >= 4 is 17.3 Å². The Hall–Kier alpha value is -1.11. The third-order valence-electron chi connectivity index (χ3n) is 4.93. The Morgan fingerprint density at radius 1 is 1.48 bits per heavy atom. The first-order chi connectivity index (χ1) is 11.9. The van der Waals surface area contributed by atoms with Gasteiger partial charge >= 0.3 is 0 Å². The van der Waals surface area contributed by atoms with Crippen LogP contribution in [0, 0.1) is 0 Å². The second-order valence-electron chi connectivity index (χ2n) is 7.26. The maximum Gasteiger partial charge on any atom is 0.191 e. The molecule has 1 aromatic rings. The molecule has 3 atom stereocenters. The van der Waals surface area contributed by atoms with Crippen molar-refractivity contribution in [3.63, 3.8) is 0 Å². The third-order valence-corrected chi connectivity index (χ3v) is 6.05. The summed E-state index contributed by atoms with van der Waals surface area (Å²) in [5.74, 6) is 0.774. The molecule has 5 nitrogen and oxygen atoms in total. The fourth-order valence-electron chi connectivity index (χ4n) is 3.37. The molecule has 0 aromatic carbocycles. The highest BCUT2D eigenvalue weighted by Gasteiger charge is 2.25. The molecule has 0 aliphatic carbocycles. The number of likely N-dealkylation sites (tertiary alicyclic amines) is 1. The van der Waals surface area contributed by atoms with Crippen LogP contribution in [0.3, 0.4) is 0 Å². The highest BCUT2D eigenvalue weighted by Crippen LogP contribution is 2.25. The van der Waals surface area contributed by atoms with E-state index >= 15 is 0 Å². The van der Waals surface area contributed by atoms with Crippen molar-refractivity contribution in [1.29, 1.82) is 0 Å². The molecule has 1 aromatic heterocycles. The van der Waals surface area contributed by atoms with E-state index in [1.807, 2.05) is 24.4 Å². The summed E-state index contributed by atoms with van der Waals surface area (Å²) in [6.45, 7) is 11.7. The van der Waals surface area contributed by atoms with Gasteiger partial charge in [0.15, 0.2) is 5.96 Å². The molecule has 0 radical (unpaired) electrons. The van der Waals surface area contributed by atoms with Gasteiger partial charge in [0, 0.05) is 30.1 Å². The quantitative estimate of drug-likeness (QED) is 0.513. The van der Waals surface area contributed by atoms with Crippen molar-refractivity contribution in [2.45, 2.75) is 64.6 Å². The molecule has 142 valence electrons. The summed E-state index contributed by atoms with van der Waals surface area (Å²) < 4.78 is 0. The largest absolute Gasteiger partial charge is 0.383 e. The number of hydrogen-bond acceptors (Lipinski definition) is 4. The van der Waals surface area contributed by atoms with Crippen molar-refractivity contribution in [2.75, 3.05) is 26.2 Å². The molecular formula is C19H34N4OS. The minimum atomic E-state index is -0.927. The molecule has 25 heavy (non-hydrogen) atoms. The zero-order valence-corrected chi connectivity index (χ0v) is 16.9. The van der Waals surface area contributed by atoms with Gasteiger partial charge in [-0.1, -0.05) is 12.5 Å². The maximum absolute atomic E-state index is 10.6. The molecule has 1 fully saturated rings. The summed E-state index contributed by atoms with van der Waals surface area (Å²) in [7, 11) is 0. The summed E-state index contributed by atoms with van der Waals surface area (Å²) in [6, 6.07) is 5.05. The van der Waals surface area contributed by atoms with Gasteiger partial charge in [-0.25, -0.2) is 4.99 Å². The Balaban J connectivity index is 1.91. The molecule has 1 aliphatic rings. The van der Waals surface area contributed by atoms with Crippen molar-refractivity contribution in [3.05, 3.63) is 22.4 Å². The summed E-state index contributed by atoms with van der Waals surface area (Å²) in [6.07, 6.45) is 3.94. The first-order valence-corrected chi connectivity index (χ1v) is 10.4. The second-order valence-corrected chi connectivity index (χ2v) is 8.21. The van der Waals surface area contributed by atoms with Crippen LogP contribution >= 0.6 is 11.3 Å². The molecular weight excluding hydrogens is 332 g/mol. The predicted molar refractivity (Wildman–Crippen MR) is 107 cm³/mol. The monoisotopic (exact) mass is 366 g/mol. The molecule has 0 spiro atoms. The van der Waals surface area contributed by atoms with Crippen LogP contribution in [0.1, 0.15) is 51.8 Å². The number of aliphatic hydroxyl groups is 1. The van der Waals surface area contributed by atoms with Gasteiger partial charge in [0.05, 0.1) is 6.54 Å². The number of hydrogen-bond donors (Lipinski definition) is 3. The molecule has 3 unspecified atom stereocenters. The Morgan fingerprint density at radius 3 is 2.92 bits per heavy atom. The van der Waals surface area contributed by atoms with Crippen LogP contribution in [0.2, 0.25) is 0 Å². The molecule has 1 saturated heterocycles. The Bertz CT molecular complexity index is 530. The van der Waals surface area contributed by atoms with Crippen molar-refractivity contribution in [3.8, 4) is 0 Å². The van der Waals surface area contributed by atoms with Gasteiger partial charge < -0.3 is 15.7 Å². The Kier molecular flexibility index (Phi) is 7.72. The first kappa shape index (κ1) is 20.2. The van der Waals surface area contributed by atoms with Gasteiger partial charge in [0.25, 0.3) is 0 Å². The van der Waals surface area contributed by atoms with Crippen LogP contribution in [0.5, 0.6) is 0 Å². The van der Waals surface area contributed by atoms with E-state index in [0.717, 1.165) is 23.9 Å². The Morgan fingerprint density at radius 2 is 2.28 bits per heavy atom. The van der Waals surface area contributed by atoms with Gasteiger partial charge in [-0.2, -0.15) is 0 Å². The molecule has 0 amide bonds. The average molecular weight is 367 g/mol. The number of piperidine rings is 1. The van der Waals surface area contributed by atoms with E-state index in [2.05, 4.69) is 41.3 Å². The number of thiophene rings is 1. The lowest BCUT2D eigenvalue weighted by molar-refractivity contribution is 0.0711. The van der Waals surface area contributed by atoms with Crippen LogP contribution < -0.4 is 10.6 Å². The smallest absolute Gasteiger partial charge is 0.191 e. The van der Waals surface area contributed by atoms with E-state index < -0.39 is 5.60 Å². The standard InChI is InChI=1S/C19H34N4OS/c1-5-20-18(22-14-19(4,24)17-10-8-12-25-17)21-13-16(3)23-11-7-6-9-15(23)2/h8,10,12,15-16,24H,5-7,9,11,13-14H2,1-4H3,(H2,20,21,22). The molecule has 0 saturated carbocycles. The Labute approximate surface area is 156 Å². The van der Waals surface area contributed by atoms with E-state index in [0.29, 0.717) is 18.6 Å². The highest BCUT2D eigenvalue weighted by atomic mass is 32.1. The molecule has 2 heterocycles. The van der Waals surface area contributed by atoms with Crippen LogP contribution in [0.25, 0.3) is 0 Å². The van der Waals surface area contributed by atoms with E-state index in [9.17, 15) is 5.11 Å². The maximum atomic E-state index is 10.6. The topological polar surface area (TPSA) is 59.9 Å². The summed E-state index contributed by atoms with van der Waals surface area (Å²) in [5.41, 5.74) is -0.927. The van der Waals surface area contributed by atoms with Crippen LogP contribution in [-0.4, -0.2) is 54.2 Å². The SMILES string of the molecule is CCNC(=NCC(C)(O)c1cccs1)NCC(C)N1CCCCC1C.